The number of rotatable bonds is 5. The second-order valence-corrected chi connectivity index (χ2v) is 2.53. The molecular formula is C2N8O8. The predicted molar refractivity (Wildman–Crippen MR) is 42.9 cm³/mol. The molecule has 0 N–H and O–H groups in total. The second-order valence-electron chi connectivity index (χ2n) is 2.53. The minimum absolute atomic E-state index is 0.472. The van der Waals surface area contributed by atoms with E-state index >= 15 is 0 Å². The summed E-state index contributed by atoms with van der Waals surface area (Å²) in [5, 5.41) is 48.2. The highest BCUT2D eigenvalue weighted by molar-refractivity contribution is 4.83. The molecule has 0 aromatic carbocycles. The molecule has 16 nitrogen and oxygen atoms in total. The highest BCUT2D eigenvalue weighted by atomic mass is 16.7. The summed E-state index contributed by atoms with van der Waals surface area (Å²) in [6.45, 7) is 0. The van der Waals surface area contributed by atoms with Crippen molar-refractivity contribution in [3.8, 4) is 0 Å². The van der Waals surface area contributed by atoms with Crippen LogP contribution in [-0.2, 0) is 5.79 Å². The Morgan fingerprint density at radius 3 is 1.67 bits per heavy atom. The summed E-state index contributed by atoms with van der Waals surface area (Å²) in [4.78, 5) is 35.5. The van der Waals surface area contributed by atoms with E-state index in [-0.39, 0.29) is 0 Å². The number of tetrazole rings is 1. The molecule has 0 unspecified atom stereocenters. The predicted octanol–water partition coefficient (Wildman–Crippen LogP) is -2.35. The van der Waals surface area contributed by atoms with Gasteiger partial charge in [0.15, 0.2) is 19.7 Å². The summed E-state index contributed by atoms with van der Waals surface area (Å²) >= 11 is 0. The quantitative estimate of drug-likeness (QED) is 0.311. The van der Waals surface area contributed by atoms with Crippen molar-refractivity contribution >= 4 is 0 Å². The highest BCUT2D eigenvalue weighted by Gasteiger charge is 2.80. The third kappa shape index (κ3) is 1.52. The van der Waals surface area contributed by atoms with Crippen LogP contribution in [0.2, 0.25) is 0 Å². The maximum atomic E-state index is 10.5. The number of hydrogen-bond donors (Lipinski definition) is 0. The third-order valence-corrected chi connectivity index (χ3v) is 1.61. The fourth-order valence-corrected chi connectivity index (χ4v) is 0.855. The molecule has 0 spiro atoms. The standard InChI is InChI=1S/C2N8O8/c11-6(12)2(7(13)14,8(15)16)1-3-5-9(4-1)10(17)18. The van der Waals surface area contributed by atoms with Crippen LogP contribution in [0.1, 0.15) is 5.82 Å². The normalized spacial score (nSPS) is 10.9. The van der Waals surface area contributed by atoms with E-state index in [1.807, 2.05) is 0 Å². The zero-order chi connectivity index (χ0) is 14.1. The van der Waals surface area contributed by atoms with E-state index in [0.29, 0.717) is 0 Å². The largest absolute Gasteiger partial charge is 0.784 e. The molecule has 0 amide bonds. The zero-order valence-electron chi connectivity index (χ0n) is 7.84. The van der Waals surface area contributed by atoms with Crippen LogP contribution in [0.3, 0.4) is 0 Å². The maximum Gasteiger partial charge on any atom is 0.784 e. The first-order valence-corrected chi connectivity index (χ1v) is 3.63. The van der Waals surface area contributed by atoms with Gasteiger partial charge < -0.3 is 10.1 Å². The van der Waals surface area contributed by atoms with Crippen molar-refractivity contribution in [1.29, 1.82) is 0 Å². The fourth-order valence-electron chi connectivity index (χ4n) is 0.855. The number of nitrogens with zero attached hydrogens (tertiary/aromatic N) is 8. The van der Waals surface area contributed by atoms with Crippen molar-refractivity contribution in [2.45, 2.75) is 5.79 Å². The molecule has 0 radical (unpaired) electrons. The van der Waals surface area contributed by atoms with Gasteiger partial charge in [-0.15, -0.1) is 0 Å². The monoisotopic (exact) mass is 264 g/mol. The smallest absolute Gasteiger partial charge is 0.372 e. The molecule has 0 saturated carbocycles. The minimum Gasteiger partial charge on any atom is -0.372 e. The lowest BCUT2D eigenvalue weighted by atomic mass is 10.3. The first-order valence-electron chi connectivity index (χ1n) is 3.63. The van der Waals surface area contributed by atoms with E-state index in [1.54, 1.807) is 0 Å². The topological polar surface area (TPSA) is 216 Å². The van der Waals surface area contributed by atoms with Gasteiger partial charge in [0.1, 0.15) is 5.21 Å². The molecule has 0 atom stereocenters. The lowest BCUT2D eigenvalue weighted by Gasteiger charge is -2.01. The highest BCUT2D eigenvalue weighted by Crippen LogP contribution is 2.22. The second kappa shape index (κ2) is 3.92. The summed E-state index contributed by atoms with van der Waals surface area (Å²) in [5.74, 6) is -5.78. The number of nitro groups is 4. The molecule has 1 heterocycles. The van der Waals surface area contributed by atoms with Crippen molar-refractivity contribution in [2.24, 2.45) is 0 Å². The maximum absolute atomic E-state index is 10.5. The van der Waals surface area contributed by atoms with E-state index in [1.165, 1.54) is 0 Å². The molecule has 0 aliphatic heterocycles. The molecule has 0 saturated heterocycles. The first-order chi connectivity index (χ1) is 8.24. The summed E-state index contributed by atoms with van der Waals surface area (Å²) in [6.07, 6.45) is 0. The van der Waals surface area contributed by atoms with Gasteiger partial charge in [-0.05, 0) is 0 Å². The Labute approximate surface area is 93.4 Å². The summed E-state index contributed by atoms with van der Waals surface area (Å²) in [5.41, 5.74) is 0. The Hall–Kier alpha value is -3.33. The molecule has 1 aromatic rings. The van der Waals surface area contributed by atoms with Crippen LogP contribution in [0.15, 0.2) is 0 Å². The SMILES string of the molecule is O=[N+]([O-])n1nnc(C([N+](=O)[O-])([N+](=O)[O-])[N+](=O)[O-])n1. The Kier molecular flexibility index (Phi) is 2.77. The van der Waals surface area contributed by atoms with E-state index in [9.17, 15) is 40.5 Å². The van der Waals surface area contributed by atoms with Crippen molar-refractivity contribution in [3.05, 3.63) is 46.3 Å². The Balaban J connectivity index is 3.52. The Bertz CT molecular complexity index is 509. The van der Waals surface area contributed by atoms with Gasteiger partial charge in [0.2, 0.25) is 0 Å². The molecule has 96 valence electrons. The van der Waals surface area contributed by atoms with Crippen LogP contribution in [0, 0.1) is 40.5 Å². The average molecular weight is 264 g/mol. The molecular weight excluding hydrogens is 264 g/mol. The van der Waals surface area contributed by atoms with E-state index < -0.39 is 36.3 Å². The van der Waals surface area contributed by atoms with Crippen molar-refractivity contribution in [1.82, 2.24) is 20.3 Å². The van der Waals surface area contributed by atoms with Crippen molar-refractivity contribution in [2.75, 3.05) is 0 Å². The zero-order valence-corrected chi connectivity index (χ0v) is 7.84. The number of aromatic nitrogens is 4. The molecule has 0 aliphatic rings. The average Bonchev–Trinajstić information content (AvgIpc) is 2.66. The van der Waals surface area contributed by atoms with E-state index in [0.717, 1.165) is 0 Å². The van der Waals surface area contributed by atoms with Gasteiger partial charge in [0.25, 0.3) is 0 Å². The van der Waals surface area contributed by atoms with Gasteiger partial charge in [-0.25, -0.2) is 0 Å². The van der Waals surface area contributed by atoms with Gasteiger partial charge in [-0.1, -0.05) is 0 Å². The summed E-state index contributed by atoms with van der Waals surface area (Å²) in [6, 6.07) is 0. The fraction of sp³-hybridized carbons (Fsp3) is 0.500. The van der Waals surface area contributed by atoms with Gasteiger partial charge in [-0.2, -0.15) is 0 Å². The van der Waals surface area contributed by atoms with Crippen LogP contribution in [0.5, 0.6) is 0 Å². The van der Waals surface area contributed by atoms with Crippen molar-refractivity contribution < 1.29 is 19.8 Å². The molecule has 0 fully saturated rings. The Morgan fingerprint density at radius 2 is 1.39 bits per heavy atom. The van der Waals surface area contributed by atoms with Crippen LogP contribution < -0.4 is 0 Å². The van der Waals surface area contributed by atoms with E-state index in [2.05, 4.69) is 15.4 Å². The van der Waals surface area contributed by atoms with Gasteiger partial charge >= 0.3 is 11.6 Å². The lowest BCUT2D eigenvalue weighted by molar-refractivity contribution is -0.987. The van der Waals surface area contributed by atoms with E-state index in [4.69, 9.17) is 0 Å². The Morgan fingerprint density at radius 1 is 0.944 bits per heavy atom. The lowest BCUT2D eigenvalue weighted by Crippen LogP contribution is -2.51. The summed E-state index contributed by atoms with van der Waals surface area (Å²) in [7, 11) is 0. The van der Waals surface area contributed by atoms with Crippen LogP contribution >= 0.6 is 0 Å². The van der Waals surface area contributed by atoms with Crippen LogP contribution in [0.25, 0.3) is 0 Å². The first kappa shape index (κ1) is 12.7. The van der Waals surface area contributed by atoms with Crippen molar-refractivity contribution in [3.63, 3.8) is 0 Å². The third-order valence-electron chi connectivity index (χ3n) is 1.61. The van der Waals surface area contributed by atoms with Gasteiger partial charge in [0, 0.05) is 10.1 Å². The molecule has 1 rings (SSSR count). The minimum atomic E-state index is -4.14. The van der Waals surface area contributed by atoms with Crippen LogP contribution in [-0.4, -0.2) is 40.1 Å². The molecule has 1 aromatic heterocycles. The van der Waals surface area contributed by atoms with Gasteiger partial charge in [-0.3, -0.25) is 30.3 Å². The van der Waals surface area contributed by atoms with Gasteiger partial charge in [0.05, 0.1) is 5.10 Å². The number of hydrogen-bond acceptors (Lipinski definition) is 11. The summed E-state index contributed by atoms with van der Waals surface area (Å²) < 4.78 is 0. The van der Waals surface area contributed by atoms with Crippen LogP contribution in [0.4, 0.5) is 0 Å². The molecule has 0 aliphatic carbocycles. The molecule has 18 heavy (non-hydrogen) atoms. The molecule has 16 heteroatoms. The molecule has 0 bridgehead atoms.